The van der Waals surface area contributed by atoms with Crippen molar-refractivity contribution < 1.29 is 0 Å². The molecule has 0 fully saturated rings. The van der Waals surface area contributed by atoms with Gasteiger partial charge in [0.15, 0.2) is 0 Å². The monoisotopic (exact) mass is 239 g/mol. The number of hydrogen-bond acceptors (Lipinski definition) is 5. The van der Waals surface area contributed by atoms with Gasteiger partial charge in [-0.1, -0.05) is 0 Å². The number of nitrogens with one attached hydrogen (secondary N) is 2. The molecule has 90 valence electrons. The highest BCUT2D eigenvalue weighted by atomic mass is 15.1. The molecule has 5 heteroatoms. The second-order valence-electron chi connectivity index (χ2n) is 3.79. The number of benzene rings is 1. The Morgan fingerprint density at radius 2 is 1.94 bits per heavy atom. The van der Waals surface area contributed by atoms with E-state index < -0.39 is 0 Å². The van der Waals surface area contributed by atoms with Crippen molar-refractivity contribution in [2.45, 2.75) is 6.92 Å². The van der Waals surface area contributed by atoms with E-state index in [1.54, 1.807) is 25.4 Å². The maximum Gasteiger partial charge on any atom is 0.224 e. The number of aryl methyl sites for hydroxylation is 1. The van der Waals surface area contributed by atoms with Crippen LogP contribution < -0.4 is 10.6 Å². The van der Waals surface area contributed by atoms with Crippen LogP contribution in [0.2, 0.25) is 0 Å². The third-order valence-electron chi connectivity index (χ3n) is 2.47. The quantitative estimate of drug-likeness (QED) is 0.860. The number of aromatic nitrogens is 2. The molecular formula is C13H13N5. The molecule has 0 saturated heterocycles. The number of rotatable bonds is 3. The second-order valence-corrected chi connectivity index (χ2v) is 3.79. The maximum absolute atomic E-state index is 8.73. The van der Waals surface area contributed by atoms with Gasteiger partial charge in [0.2, 0.25) is 5.95 Å². The number of anilines is 3. The van der Waals surface area contributed by atoms with Crippen molar-refractivity contribution in [3.8, 4) is 6.07 Å². The van der Waals surface area contributed by atoms with Crippen LogP contribution in [0.5, 0.6) is 0 Å². The minimum atomic E-state index is 0.566. The fraction of sp³-hybridized carbons (Fsp3) is 0.154. The van der Waals surface area contributed by atoms with Crippen molar-refractivity contribution in [3.05, 3.63) is 41.6 Å². The van der Waals surface area contributed by atoms with Gasteiger partial charge >= 0.3 is 0 Å². The zero-order chi connectivity index (χ0) is 13.0. The maximum atomic E-state index is 8.73. The van der Waals surface area contributed by atoms with Gasteiger partial charge in [-0.05, 0) is 31.2 Å². The fourth-order valence-corrected chi connectivity index (χ4v) is 1.45. The Bertz CT molecular complexity index is 583. The first kappa shape index (κ1) is 11.9. The predicted octanol–water partition coefficient (Wildman–Crippen LogP) is 2.44. The molecule has 0 radical (unpaired) electrons. The fourth-order valence-electron chi connectivity index (χ4n) is 1.45. The van der Waals surface area contributed by atoms with E-state index in [4.69, 9.17) is 5.26 Å². The van der Waals surface area contributed by atoms with E-state index in [-0.39, 0.29) is 0 Å². The van der Waals surface area contributed by atoms with Gasteiger partial charge in [0.05, 0.1) is 11.6 Å². The minimum Gasteiger partial charge on any atom is -0.357 e. The average molecular weight is 239 g/mol. The number of hydrogen-bond donors (Lipinski definition) is 2. The van der Waals surface area contributed by atoms with E-state index in [9.17, 15) is 0 Å². The van der Waals surface area contributed by atoms with Crippen molar-refractivity contribution in [1.82, 2.24) is 9.97 Å². The average Bonchev–Trinajstić information content (AvgIpc) is 2.42. The molecule has 0 aliphatic heterocycles. The van der Waals surface area contributed by atoms with Gasteiger partial charge in [-0.25, -0.2) is 4.98 Å². The lowest BCUT2D eigenvalue weighted by atomic mass is 10.2. The molecule has 2 rings (SSSR count). The summed E-state index contributed by atoms with van der Waals surface area (Å²) < 4.78 is 0. The van der Waals surface area contributed by atoms with E-state index in [1.807, 2.05) is 19.1 Å². The summed E-state index contributed by atoms with van der Waals surface area (Å²) in [5.74, 6) is 1.32. The Labute approximate surface area is 106 Å². The summed E-state index contributed by atoms with van der Waals surface area (Å²) in [6.07, 6.45) is 1.75. The lowest BCUT2D eigenvalue weighted by Crippen LogP contribution is -2.02. The van der Waals surface area contributed by atoms with Gasteiger partial charge in [-0.3, -0.25) is 0 Å². The molecule has 1 aromatic carbocycles. The second kappa shape index (κ2) is 5.15. The van der Waals surface area contributed by atoms with Gasteiger partial charge in [0.25, 0.3) is 0 Å². The molecule has 2 N–H and O–H groups in total. The molecule has 2 aromatic rings. The van der Waals surface area contributed by atoms with Crippen LogP contribution >= 0.6 is 0 Å². The van der Waals surface area contributed by atoms with Crippen LogP contribution in [0, 0.1) is 18.3 Å². The van der Waals surface area contributed by atoms with Crippen molar-refractivity contribution in [1.29, 1.82) is 5.26 Å². The van der Waals surface area contributed by atoms with Crippen LogP contribution in [0.1, 0.15) is 11.1 Å². The van der Waals surface area contributed by atoms with Crippen LogP contribution in [-0.2, 0) is 0 Å². The lowest BCUT2D eigenvalue weighted by molar-refractivity contribution is 1.12. The summed E-state index contributed by atoms with van der Waals surface area (Å²) in [6.45, 7) is 1.94. The highest BCUT2D eigenvalue weighted by Gasteiger charge is 2.03. The molecule has 18 heavy (non-hydrogen) atoms. The Balaban J connectivity index is 2.25. The standard InChI is InChI=1S/C13H13N5/c1-9-8-16-13(15-2)18-12(9)17-11-5-3-10(7-14)4-6-11/h3-6,8H,1-2H3,(H2,15,16,17,18). The normalized spacial score (nSPS) is 9.61. The van der Waals surface area contributed by atoms with Gasteiger partial charge in [-0.15, -0.1) is 0 Å². The number of nitrogens with zero attached hydrogens (tertiary/aromatic N) is 3. The van der Waals surface area contributed by atoms with E-state index in [2.05, 4.69) is 26.7 Å². The topological polar surface area (TPSA) is 73.6 Å². The SMILES string of the molecule is CNc1ncc(C)c(Nc2ccc(C#N)cc2)n1. The Morgan fingerprint density at radius 3 is 2.56 bits per heavy atom. The molecule has 1 aromatic heterocycles. The summed E-state index contributed by atoms with van der Waals surface area (Å²) in [5, 5.41) is 14.8. The highest BCUT2D eigenvalue weighted by Crippen LogP contribution is 2.19. The first-order chi connectivity index (χ1) is 8.72. The molecule has 0 unspecified atom stereocenters. The van der Waals surface area contributed by atoms with Crippen molar-refractivity contribution in [3.63, 3.8) is 0 Å². The third-order valence-corrected chi connectivity index (χ3v) is 2.47. The van der Waals surface area contributed by atoms with E-state index in [1.165, 1.54) is 0 Å². The van der Waals surface area contributed by atoms with Crippen molar-refractivity contribution in [2.24, 2.45) is 0 Å². The number of nitriles is 1. The molecule has 0 bridgehead atoms. The first-order valence-corrected chi connectivity index (χ1v) is 5.51. The molecule has 0 atom stereocenters. The zero-order valence-corrected chi connectivity index (χ0v) is 10.2. The van der Waals surface area contributed by atoms with Gasteiger partial charge < -0.3 is 10.6 Å². The van der Waals surface area contributed by atoms with Crippen molar-refractivity contribution >= 4 is 17.5 Å². The third kappa shape index (κ3) is 2.55. The van der Waals surface area contributed by atoms with Crippen LogP contribution in [0.3, 0.4) is 0 Å². The van der Waals surface area contributed by atoms with Gasteiger partial charge in [0, 0.05) is 24.5 Å². The molecule has 0 saturated carbocycles. The summed E-state index contributed by atoms with van der Waals surface area (Å²) in [5.41, 5.74) is 2.48. The summed E-state index contributed by atoms with van der Waals surface area (Å²) in [6, 6.07) is 9.30. The van der Waals surface area contributed by atoms with Gasteiger partial charge in [0.1, 0.15) is 5.82 Å². The zero-order valence-electron chi connectivity index (χ0n) is 10.2. The molecular weight excluding hydrogens is 226 g/mol. The van der Waals surface area contributed by atoms with Crippen LogP contribution in [0.15, 0.2) is 30.5 Å². The van der Waals surface area contributed by atoms with Crippen LogP contribution in [0.4, 0.5) is 17.5 Å². The van der Waals surface area contributed by atoms with Crippen LogP contribution in [-0.4, -0.2) is 17.0 Å². The van der Waals surface area contributed by atoms with Gasteiger partial charge in [-0.2, -0.15) is 10.2 Å². The Kier molecular flexibility index (Phi) is 3.39. The summed E-state index contributed by atoms with van der Waals surface area (Å²) in [7, 11) is 1.77. The van der Waals surface area contributed by atoms with Crippen molar-refractivity contribution in [2.75, 3.05) is 17.7 Å². The highest BCUT2D eigenvalue weighted by molar-refractivity contribution is 5.60. The van der Waals surface area contributed by atoms with E-state index >= 15 is 0 Å². The van der Waals surface area contributed by atoms with E-state index in [0.717, 1.165) is 17.1 Å². The molecule has 0 amide bonds. The minimum absolute atomic E-state index is 0.566. The van der Waals surface area contributed by atoms with Crippen LogP contribution in [0.25, 0.3) is 0 Å². The Hall–Kier alpha value is -2.61. The van der Waals surface area contributed by atoms with E-state index in [0.29, 0.717) is 11.5 Å². The largest absolute Gasteiger partial charge is 0.357 e. The smallest absolute Gasteiger partial charge is 0.224 e. The first-order valence-electron chi connectivity index (χ1n) is 5.51. The summed E-state index contributed by atoms with van der Waals surface area (Å²) >= 11 is 0. The molecule has 0 spiro atoms. The summed E-state index contributed by atoms with van der Waals surface area (Å²) in [4.78, 5) is 8.45. The molecule has 1 heterocycles. The molecule has 0 aliphatic carbocycles. The lowest BCUT2D eigenvalue weighted by Gasteiger charge is -2.09. The Morgan fingerprint density at radius 1 is 1.22 bits per heavy atom. The molecule has 0 aliphatic rings. The predicted molar refractivity (Wildman–Crippen MR) is 70.8 cm³/mol. The molecule has 5 nitrogen and oxygen atoms in total.